The standard InChI is InChI=1S/C13H18N2O2/c14-11-4-1-5-12(10-11)17-9-3-8-15-7-2-6-13(15)16/h1,4-5,10H,2-3,6-9,14H2. The summed E-state index contributed by atoms with van der Waals surface area (Å²) in [6.45, 7) is 2.31. The Kier molecular flexibility index (Phi) is 3.85. The van der Waals surface area contributed by atoms with Crippen LogP contribution in [0, 0.1) is 0 Å². The summed E-state index contributed by atoms with van der Waals surface area (Å²) in [7, 11) is 0. The molecule has 1 aromatic carbocycles. The lowest BCUT2D eigenvalue weighted by Gasteiger charge is -2.15. The normalized spacial score (nSPS) is 15.3. The molecule has 1 aromatic rings. The summed E-state index contributed by atoms with van der Waals surface area (Å²) in [5, 5.41) is 0. The van der Waals surface area contributed by atoms with Gasteiger partial charge in [-0.15, -0.1) is 0 Å². The quantitative estimate of drug-likeness (QED) is 0.622. The Morgan fingerprint density at radius 3 is 3.00 bits per heavy atom. The van der Waals surface area contributed by atoms with Gasteiger partial charge >= 0.3 is 0 Å². The third-order valence-corrected chi connectivity index (χ3v) is 2.87. The number of nitrogens with two attached hydrogens (primary N) is 1. The van der Waals surface area contributed by atoms with Gasteiger partial charge in [-0.2, -0.15) is 0 Å². The van der Waals surface area contributed by atoms with E-state index in [-0.39, 0.29) is 5.91 Å². The van der Waals surface area contributed by atoms with E-state index in [1.165, 1.54) is 0 Å². The fourth-order valence-corrected chi connectivity index (χ4v) is 1.99. The molecular weight excluding hydrogens is 216 g/mol. The molecule has 0 radical (unpaired) electrons. The predicted octanol–water partition coefficient (Wildman–Crippen LogP) is 1.66. The number of rotatable bonds is 5. The first-order chi connectivity index (χ1) is 8.25. The number of hydrogen-bond acceptors (Lipinski definition) is 3. The Bertz CT molecular complexity index is 393. The van der Waals surface area contributed by atoms with Crippen molar-refractivity contribution < 1.29 is 9.53 Å². The molecule has 0 atom stereocenters. The molecule has 2 rings (SSSR count). The lowest BCUT2D eigenvalue weighted by Crippen LogP contribution is -2.26. The van der Waals surface area contributed by atoms with E-state index in [1.807, 2.05) is 23.1 Å². The second kappa shape index (κ2) is 5.57. The van der Waals surface area contributed by atoms with Crippen LogP contribution in [0.25, 0.3) is 0 Å². The van der Waals surface area contributed by atoms with E-state index in [9.17, 15) is 4.79 Å². The van der Waals surface area contributed by atoms with Crippen LogP contribution in [0.2, 0.25) is 0 Å². The van der Waals surface area contributed by atoms with Gasteiger partial charge in [-0.25, -0.2) is 0 Å². The van der Waals surface area contributed by atoms with Crippen LogP contribution < -0.4 is 10.5 Å². The minimum Gasteiger partial charge on any atom is -0.493 e. The predicted molar refractivity (Wildman–Crippen MR) is 66.8 cm³/mol. The molecule has 0 spiro atoms. The summed E-state index contributed by atoms with van der Waals surface area (Å²) < 4.78 is 5.56. The fourth-order valence-electron chi connectivity index (χ4n) is 1.99. The van der Waals surface area contributed by atoms with Crippen molar-refractivity contribution in [3.05, 3.63) is 24.3 Å². The maximum Gasteiger partial charge on any atom is 0.222 e. The zero-order valence-electron chi connectivity index (χ0n) is 9.89. The van der Waals surface area contributed by atoms with Gasteiger partial charge in [-0.05, 0) is 25.0 Å². The summed E-state index contributed by atoms with van der Waals surface area (Å²) in [6.07, 6.45) is 2.56. The van der Waals surface area contributed by atoms with Crippen molar-refractivity contribution in [1.29, 1.82) is 0 Å². The summed E-state index contributed by atoms with van der Waals surface area (Å²) in [5.74, 6) is 1.06. The van der Waals surface area contributed by atoms with E-state index in [1.54, 1.807) is 6.07 Å². The van der Waals surface area contributed by atoms with Gasteiger partial charge in [0.25, 0.3) is 0 Å². The van der Waals surface area contributed by atoms with Gasteiger partial charge < -0.3 is 15.4 Å². The Morgan fingerprint density at radius 1 is 1.41 bits per heavy atom. The number of likely N-dealkylation sites (tertiary alicyclic amines) is 1. The molecule has 1 saturated heterocycles. The van der Waals surface area contributed by atoms with Crippen molar-refractivity contribution in [3.8, 4) is 5.75 Å². The highest BCUT2D eigenvalue weighted by molar-refractivity contribution is 5.77. The third kappa shape index (κ3) is 3.37. The lowest BCUT2D eigenvalue weighted by molar-refractivity contribution is -0.127. The molecule has 0 bridgehead atoms. The minimum atomic E-state index is 0.272. The van der Waals surface area contributed by atoms with Crippen LogP contribution in [-0.2, 0) is 4.79 Å². The maximum absolute atomic E-state index is 11.4. The minimum absolute atomic E-state index is 0.272. The molecule has 2 N–H and O–H groups in total. The summed E-state index contributed by atoms with van der Waals surface area (Å²) in [4.78, 5) is 13.3. The van der Waals surface area contributed by atoms with Gasteiger partial charge in [-0.1, -0.05) is 6.07 Å². The largest absolute Gasteiger partial charge is 0.493 e. The van der Waals surface area contributed by atoms with E-state index in [4.69, 9.17) is 10.5 Å². The Morgan fingerprint density at radius 2 is 2.29 bits per heavy atom. The van der Waals surface area contributed by atoms with Gasteiger partial charge in [0.15, 0.2) is 0 Å². The van der Waals surface area contributed by atoms with Crippen molar-refractivity contribution in [1.82, 2.24) is 4.90 Å². The Labute approximate surface area is 101 Å². The molecule has 1 aliphatic heterocycles. The third-order valence-electron chi connectivity index (χ3n) is 2.87. The van der Waals surface area contributed by atoms with E-state index < -0.39 is 0 Å². The number of hydrogen-bond donors (Lipinski definition) is 1. The molecule has 4 heteroatoms. The first-order valence-corrected chi connectivity index (χ1v) is 6.02. The molecule has 1 amide bonds. The van der Waals surface area contributed by atoms with Crippen LogP contribution in [0.15, 0.2) is 24.3 Å². The van der Waals surface area contributed by atoms with Crippen molar-refractivity contribution >= 4 is 11.6 Å². The Hall–Kier alpha value is -1.71. The molecule has 1 heterocycles. The van der Waals surface area contributed by atoms with Crippen LogP contribution in [-0.4, -0.2) is 30.5 Å². The van der Waals surface area contributed by atoms with Crippen LogP contribution in [0.4, 0.5) is 5.69 Å². The summed E-state index contributed by atoms with van der Waals surface area (Å²) in [5.41, 5.74) is 6.35. The van der Waals surface area contributed by atoms with Crippen LogP contribution >= 0.6 is 0 Å². The first kappa shape index (κ1) is 11.8. The van der Waals surface area contributed by atoms with Gasteiger partial charge in [0, 0.05) is 31.3 Å². The van der Waals surface area contributed by atoms with Crippen molar-refractivity contribution in [2.24, 2.45) is 0 Å². The molecule has 1 aliphatic rings. The number of carbonyl (C=O) groups excluding carboxylic acids is 1. The number of carbonyl (C=O) groups is 1. The molecule has 1 fully saturated rings. The summed E-state index contributed by atoms with van der Waals surface area (Å²) in [6, 6.07) is 7.39. The van der Waals surface area contributed by atoms with Crippen molar-refractivity contribution in [2.75, 3.05) is 25.4 Å². The molecule has 0 aromatic heterocycles. The number of nitrogen functional groups attached to an aromatic ring is 1. The highest BCUT2D eigenvalue weighted by Crippen LogP contribution is 2.15. The van der Waals surface area contributed by atoms with E-state index in [0.717, 1.165) is 31.7 Å². The second-order valence-electron chi connectivity index (χ2n) is 4.26. The molecule has 17 heavy (non-hydrogen) atoms. The number of ether oxygens (including phenoxy) is 1. The molecule has 0 aliphatic carbocycles. The number of nitrogens with zero attached hydrogens (tertiary/aromatic N) is 1. The molecule has 4 nitrogen and oxygen atoms in total. The lowest BCUT2D eigenvalue weighted by atomic mass is 10.3. The Balaban J connectivity index is 1.68. The highest BCUT2D eigenvalue weighted by atomic mass is 16.5. The van der Waals surface area contributed by atoms with Gasteiger partial charge in [0.1, 0.15) is 5.75 Å². The van der Waals surface area contributed by atoms with Crippen LogP contribution in [0.3, 0.4) is 0 Å². The summed E-state index contributed by atoms with van der Waals surface area (Å²) >= 11 is 0. The van der Waals surface area contributed by atoms with Gasteiger partial charge in [0.05, 0.1) is 6.61 Å². The maximum atomic E-state index is 11.4. The first-order valence-electron chi connectivity index (χ1n) is 6.02. The second-order valence-corrected chi connectivity index (χ2v) is 4.26. The molecular formula is C13H18N2O2. The van der Waals surface area contributed by atoms with Gasteiger partial charge in [-0.3, -0.25) is 4.79 Å². The average molecular weight is 234 g/mol. The zero-order chi connectivity index (χ0) is 12.1. The van der Waals surface area contributed by atoms with E-state index in [0.29, 0.717) is 18.7 Å². The molecule has 0 unspecified atom stereocenters. The zero-order valence-corrected chi connectivity index (χ0v) is 9.89. The number of amides is 1. The fraction of sp³-hybridized carbons (Fsp3) is 0.462. The van der Waals surface area contributed by atoms with Crippen LogP contribution in [0.1, 0.15) is 19.3 Å². The smallest absolute Gasteiger partial charge is 0.222 e. The SMILES string of the molecule is Nc1cccc(OCCCN2CCCC2=O)c1. The number of benzene rings is 1. The van der Waals surface area contributed by atoms with E-state index >= 15 is 0 Å². The van der Waals surface area contributed by atoms with E-state index in [2.05, 4.69) is 0 Å². The number of anilines is 1. The molecule has 92 valence electrons. The van der Waals surface area contributed by atoms with Crippen LogP contribution in [0.5, 0.6) is 5.75 Å². The average Bonchev–Trinajstić information content (AvgIpc) is 2.71. The monoisotopic (exact) mass is 234 g/mol. The van der Waals surface area contributed by atoms with Crippen molar-refractivity contribution in [3.63, 3.8) is 0 Å². The molecule has 0 saturated carbocycles. The van der Waals surface area contributed by atoms with Gasteiger partial charge in [0.2, 0.25) is 5.91 Å². The topological polar surface area (TPSA) is 55.6 Å². The van der Waals surface area contributed by atoms with Crippen molar-refractivity contribution in [2.45, 2.75) is 19.3 Å². The highest BCUT2D eigenvalue weighted by Gasteiger charge is 2.18.